The van der Waals surface area contributed by atoms with Crippen molar-refractivity contribution >= 4 is 23.4 Å². The maximum absolute atomic E-state index is 12.0. The zero-order valence-corrected chi connectivity index (χ0v) is 13.1. The molecule has 0 bridgehead atoms. The number of rotatable bonds is 5. The fourth-order valence-electron chi connectivity index (χ4n) is 2.04. The van der Waals surface area contributed by atoms with E-state index in [0.29, 0.717) is 17.9 Å². The van der Waals surface area contributed by atoms with Crippen molar-refractivity contribution in [2.24, 2.45) is 0 Å². The SMILES string of the molecule is CCOC(=O)c1cccc(N)c1SCc1cccc(C)c1. The number of thioether (sulfide) groups is 1. The van der Waals surface area contributed by atoms with E-state index in [2.05, 4.69) is 25.1 Å². The number of anilines is 1. The van der Waals surface area contributed by atoms with Crippen LogP contribution in [0.2, 0.25) is 0 Å². The highest BCUT2D eigenvalue weighted by Crippen LogP contribution is 2.32. The van der Waals surface area contributed by atoms with Crippen LogP contribution < -0.4 is 5.73 Å². The van der Waals surface area contributed by atoms with Crippen LogP contribution in [-0.4, -0.2) is 12.6 Å². The van der Waals surface area contributed by atoms with Crippen LogP contribution in [0.25, 0.3) is 0 Å². The summed E-state index contributed by atoms with van der Waals surface area (Å²) in [6, 6.07) is 13.6. The van der Waals surface area contributed by atoms with Gasteiger partial charge in [0.1, 0.15) is 0 Å². The monoisotopic (exact) mass is 301 g/mol. The molecule has 0 amide bonds. The van der Waals surface area contributed by atoms with Crippen molar-refractivity contribution < 1.29 is 9.53 Å². The second-order valence-corrected chi connectivity index (χ2v) is 5.71. The number of aryl methyl sites for hydroxylation is 1. The lowest BCUT2D eigenvalue weighted by Crippen LogP contribution is -2.07. The number of nitrogen functional groups attached to an aromatic ring is 1. The highest BCUT2D eigenvalue weighted by atomic mass is 32.2. The van der Waals surface area contributed by atoms with Crippen molar-refractivity contribution in [3.8, 4) is 0 Å². The van der Waals surface area contributed by atoms with Gasteiger partial charge in [-0.1, -0.05) is 35.9 Å². The molecular weight excluding hydrogens is 282 g/mol. The van der Waals surface area contributed by atoms with Crippen LogP contribution in [0.15, 0.2) is 47.4 Å². The van der Waals surface area contributed by atoms with E-state index in [1.54, 1.807) is 36.9 Å². The van der Waals surface area contributed by atoms with Gasteiger partial charge in [0.25, 0.3) is 0 Å². The molecule has 0 fully saturated rings. The summed E-state index contributed by atoms with van der Waals surface area (Å²) >= 11 is 1.56. The minimum absolute atomic E-state index is 0.323. The molecule has 0 atom stereocenters. The average molecular weight is 301 g/mol. The molecule has 0 aliphatic heterocycles. The summed E-state index contributed by atoms with van der Waals surface area (Å²) in [6.07, 6.45) is 0. The highest BCUT2D eigenvalue weighted by Gasteiger charge is 2.15. The summed E-state index contributed by atoms with van der Waals surface area (Å²) in [5, 5.41) is 0. The Morgan fingerprint density at radius 3 is 2.71 bits per heavy atom. The van der Waals surface area contributed by atoms with Crippen molar-refractivity contribution in [3.05, 3.63) is 59.2 Å². The Balaban J connectivity index is 2.21. The lowest BCUT2D eigenvalue weighted by molar-refractivity contribution is 0.0522. The van der Waals surface area contributed by atoms with E-state index in [-0.39, 0.29) is 5.97 Å². The Kier molecular flexibility index (Phi) is 5.28. The third-order valence-corrected chi connectivity index (χ3v) is 4.23. The quantitative estimate of drug-likeness (QED) is 0.514. The number of benzene rings is 2. The predicted molar refractivity (Wildman–Crippen MR) is 87.6 cm³/mol. The lowest BCUT2D eigenvalue weighted by Gasteiger charge is -2.11. The summed E-state index contributed by atoms with van der Waals surface area (Å²) in [4.78, 5) is 12.8. The number of carbonyl (C=O) groups excluding carboxylic acids is 1. The minimum atomic E-state index is -0.323. The van der Waals surface area contributed by atoms with Crippen LogP contribution in [-0.2, 0) is 10.5 Å². The normalized spacial score (nSPS) is 10.4. The van der Waals surface area contributed by atoms with E-state index < -0.39 is 0 Å². The largest absolute Gasteiger partial charge is 0.462 e. The number of ether oxygens (including phenoxy) is 1. The van der Waals surface area contributed by atoms with Gasteiger partial charge in [0.15, 0.2) is 0 Å². The maximum Gasteiger partial charge on any atom is 0.339 e. The molecule has 0 aliphatic rings. The number of nitrogens with two attached hydrogens (primary N) is 1. The molecule has 0 heterocycles. The van der Waals surface area contributed by atoms with Crippen molar-refractivity contribution in [1.29, 1.82) is 0 Å². The van der Waals surface area contributed by atoms with Crippen LogP contribution >= 0.6 is 11.8 Å². The first-order valence-corrected chi connectivity index (χ1v) is 7.84. The fraction of sp³-hybridized carbons (Fsp3) is 0.235. The molecule has 110 valence electrons. The van der Waals surface area contributed by atoms with Crippen LogP contribution in [0.1, 0.15) is 28.4 Å². The first-order chi connectivity index (χ1) is 10.1. The van der Waals surface area contributed by atoms with Crippen LogP contribution in [0.5, 0.6) is 0 Å². The van der Waals surface area contributed by atoms with Crippen LogP contribution in [0.4, 0.5) is 5.69 Å². The van der Waals surface area contributed by atoms with Gasteiger partial charge < -0.3 is 10.5 Å². The van der Waals surface area contributed by atoms with Gasteiger partial charge in [0.2, 0.25) is 0 Å². The molecule has 2 rings (SSSR count). The summed E-state index contributed by atoms with van der Waals surface area (Å²) in [6.45, 7) is 4.22. The smallest absolute Gasteiger partial charge is 0.339 e. The molecule has 0 aliphatic carbocycles. The van der Waals surface area contributed by atoms with E-state index in [9.17, 15) is 4.79 Å². The third-order valence-electron chi connectivity index (χ3n) is 3.01. The van der Waals surface area contributed by atoms with Gasteiger partial charge in [-0.25, -0.2) is 4.79 Å². The summed E-state index contributed by atoms with van der Waals surface area (Å²) in [5.41, 5.74) is 9.60. The number of carbonyl (C=O) groups is 1. The number of esters is 1. The zero-order chi connectivity index (χ0) is 15.2. The second-order valence-electron chi connectivity index (χ2n) is 4.72. The van der Waals surface area contributed by atoms with Crippen molar-refractivity contribution in [2.45, 2.75) is 24.5 Å². The molecule has 21 heavy (non-hydrogen) atoms. The van der Waals surface area contributed by atoms with E-state index in [4.69, 9.17) is 10.5 Å². The first kappa shape index (κ1) is 15.4. The average Bonchev–Trinajstić information content (AvgIpc) is 2.46. The predicted octanol–water partition coefficient (Wildman–Crippen LogP) is 4.05. The number of hydrogen-bond donors (Lipinski definition) is 1. The van der Waals surface area contributed by atoms with Gasteiger partial charge in [-0.3, -0.25) is 0 Å². The van der Waals surface area contributed by atoms with Crippen LogP contribution in [0.3, 0.4) is 0 Å². The highest BCUT2D eigenvalue weighted by molar-refractivity contribution is 7.98. The van der Waals surface area contributed by atoms with Gasteiger partial charge in [-0.2, -0.15) is 0 Å². The van der Waals surface area contributed by atoms with Gasteiger partial charge in [-0.15, -0.1) is 11.8 Å². The lowest BCUT2D eigenvalue weighted by atomic mass is 10.2. The molecular formula is C17H19NO2S. The summed E-state index contributed by atoms with van der Waals surface area (Å²) < 4.78 is 5.09. The van der Waals surface area contributed by atoms with E-state index in [1.165, 1.54) is 11.1 Å². The first-order valence-electron chi connectivity index (χ1n) is 6.85. The van der Waals surface area contributed by atoms with Crippen molar-refractivity contribution in [1.82, 2.24) is 0 Å². The molecule has 0 saturated carbocycles. The maximum atomic E-state index is 12.0. The topological polar surface area (TPSA) is 52.3 Å². The minimum Gasteiger partial charge on any atom is -0.462 e. The Hall–Kier alpha value is -1.94. The van der Waals surface area contributed by atoms with Crippen LogP contribution in [0, 0.1) is 6.92 Å². The van der Waals surface area contributed by atoms with Crippen molar-refractivity contribution in [3.63, 3.8) is 0 Å². The summed E-state index contributed by atoms with van der Waals surface area (Å²) in [7, 11) is 0. The van der Waals surface area contributed by atoms with E-state index >= 15 is 0 Å². The Bertz CT molecular complexity index is 640. The fourth-order valence-corrected chi connectivity index (χ4v) is 3.08. The molecule has 0 unspecified atom stereocenters. The Morgan fingerprint density at radius 2 is 2.00 bits per heavy atom. The van der Waals surface area contributed by atoms with Gasteiger partial charge in [0.05, 0.1) is 12.2 Å². The third kappa shape index (κ3) is 4.02. The summed E-state index contributed by atoms with van der Waals surface area (Å²) in [5.74, 6) is 0.444. The molecule has 0 saturated heterocycles. The van der Waals surface area contributed by atoms with Gasteiger partial charge in [-0.05, 0) is 31.5 Å². The second kappa shape index (κ2) is 7.18. The standard InChI is InChI=1S/C17H19NO2S/c1-3-20-17(19)14-8-5-9-15(18)16(14)21-11-13-7-4-6-12(2)10-13/h4-10H,3,11,18H2,1-2H3. The van der Waals surface area contributed by atoms with E-state index in [0.717, 1.165) is 10.6 Å². The Morgan fingerprint density at radius 1 is 1.24 bits per heavy atom. The zero-order valence-electron chi connectivity index (χ0n) is 12.3. The molecule has 0 spiro atoms. The Labute approximate surface area is 129 Å². The van der Waals surface area contributed by atoms with E-state index in [1.807, 2.05) is 6.07 Å². The molecule has 2 aromatic rings. The molecule has 4 heteroatoms. The van der Waals surface area contributed by atoms with Gasteiger partial charge >= 0.3 is 5.97 Å². The molecule has 2 N–H and O–H groups in total. The number of hydrogen-bond acceptors (Lipinski definition) is 4. The van der Waals surface area contributed by atoms with Crippen molar-refractivity contribution in [2.75, 3.05) is 12.3 Å². The molecule has 0 radical (unpaired) electrons. The molecule has 0 aromatic heterocycles. The molecule has 2 aromatic carbocycles. The van der Waals surface area contributed by atoms with Gasteiger partial charge in [0, 0.05) is 16.3 Å². The molecule has 3 nitrogen and oxygen atoms in total.